The van der Waals surface area contributed by atoms with Gasteiger partial charge in [0.25, 0.3) is 0 Å². The third-order valence-corrected chi connectivity index (χ3v) is 3.97. The van der Waals surface area contributed by atoms with Gasteiger partial charge in [-0.2, -0.15) is 0 Å². The highest BCUT2D eigenvalue weighted by molar-refractivity contribution is 6.30. The molecule has 0 bridgehead atoms. The Kier molecular flexibility index (Phi) is 4.15. The Balaban J connectivity index is 1.69. The van der Waals surface area contributed by atoms with Crippen molar-refractivity contribution in [3.8, 4) is 0 Å². The Bertz CT molecular complexity index is 685. The molecule has 0 aliphatic carbocycles. The quantitative estimate of drug-likeness (QED) is 0.943. The number of nitrogens with zero attached hydrogens (tertiary/aromatic N) is 3. The summed E-state index contributed by atoms with van der Waals surface area (Å²) >= 11 is 6.03. The number of rotatable bonds is 3. The first kappa shape index (κ1) is 14.7. The van der Waals surface area contributed by atoms with Gasteiger partial charge in [-0.25, -0.2) is 9.78 Å². The van der Waals surface area contributed by atoms with Crippen LogP contribution in [0.3, 0.4) is 0 Å². The molecule has 0 unspecified atom stereocenters. The van der Waals surface area contributed by atoms with Crippen LogP contribution in [0.15, 0.2) is 42.5 Å². The van der Waals surface area contributed by atoms with Crippen LogP contribution in [0.1, 0.15) is 10.5 Å². The molecular formula is C16H16ClN3O2. The highest BCUT2D eigenvalue weighted by Crippen LogP contribution is 2.22. The van der Waals surface area contributed by atoms with Crippen molar-refractivity contribution in [2.45, 2.75) is 0 Å². The number of aromatic carboxylic acids is 1. The molecule has 1 fully saturated rings. The molecule has 22 heavy (non-hydrogen) atoms. The van der Waals surface area contributed by atoms with Crippen LogP contribution < -0.4 is 9.80 Å². The van der Waals surface area contributed by atoms with Crippen LogP contribution in [0.5, 0.6) is 0 Å². The number of aromatic nitrogens is 1. The first-order valence-corrected chi connectivity index (χ1v) is 7.47. The summed E-state index contributed by atoms with van der Waals surface area (Å²) in [5, 5.41) is 9.75. The van der Waals surface area contributed by atoms with E-state index in [1.54, 1.807) is 6.07 Å². The minimum absolute atomic E-state index is 0.0785. The summed E-state index contributed by atoms with van der Waals surface area (Å²) < 4.78 is 0. The van der Waals surface area contributed by atoms with E-state index in [-0.39, 0.29) is 5.69 Å². The van der Waals surface area contributed by atoms with E-state index in [4.69, 9.17) is 16.7 Å². The number of hydrogen-bond donors (Lipinski definition) is 1. The van der Waals surface area contributed by atoms with Gasteiger partial charge < -0.3 is 14.9 Å². The number of carboxylic acid groups (broad SMARTS) is 1. The number of piperazine rings is 1. The lowest BCUT2D eigenvalue weighted by molar-refractivity contribution is 0.0690. The monoisotopic (exact) mass is 317 g/mol. The second-order valence-corrected chi connectivity index (χ2v) is 5.58. The number of carbonyl (C=O) groups is 1. The Morgan fingerprint density at radius 1 is 1.05 bits per heavy atom. The number of pyridine rings is 1. The van der Waals surface area contributed by atoms with Crippen LogP contribution in [0.2, 0.25) is 5.02 Å². The molecule has 0 spiro atoms. The zero-order chi connectivity index (χ0) is 15.5. The molecule has 3 rings (SSSR count). The van der Waals surface area contributed by atoms with E-state index in [9.17, 15) is 4.79 Å². The van der Waals surface area contributed by atoms with Crippen molar-refractivity contribution in [3.63, 3.8) is 0 Å². The van der Waals surface area contributed by atoms with Crippen molar-refractivity contribution < 1.29 is 9.90 Å². The first-order valence-electron chi connectivity index (χ1n) is 7.09. The summed E-state index contributed by atoms with van der Waals surface area (Å²) in [4.78, 5) is 19.6. The van der Waals surface area contributed by atoms with Gasteiger partial charge in [0.05, 0.1) is 0 Å². The predicted molar refractivity (Wildman–Crippen MR) is 87.1 cm³/mol. The van der Waals surface area contributed by atoms with Gasteiger partial charge in [-0.05, 0) is 30.3 Å². The molecule has 1 aliphatic heterocycles. The third-order valence-electron chi connectivity index (χ3n) is 3.73. The SMILES string of the molecule is O=C(O)c1cccc(N2CCN(c3cccc(Cl)c3)CC2)n1. The zero-order valence-corrected chi connectivity index (χ0v) is 12.7. The molecule has 0 saturated carbocycles. The normalized spacial score (nSPS) is 15.0. The zero-order valence-electron chi connectivity index (χ0n) is 11.9. The Morgan fingerprint density at radius 3 is 2.41 bits per heavy atom. The summed E-state index contributed by atoms with van der Waals surface area (Å²) in [5.41, 5.74) is 1.19. The van der Waals surface area contributed by atoms with Crippen LogP contribution in [-0.2, 0) is 0 Å². The van der Waals surface area contributed by atoms with Crippen molar-refractivity contribution >= 4 is 29.1 Å². The lowest BCUT2D eigenvalue weighted by Gasteiger charge is -2.36. The van der Waals surface area contributed by atoms with Gasteiger partial charge in [0.15, 0.2) is 5.69 Å². The molecule has 2 heterocycles. The van der Waals surface area contributed by atoms with Crippen LogP contribution in [-0.4, -0.2) is 42.2 Å². The van der Waals surface area contributed by atoms with E-state index >= 15 is 0 Å². The molecule has 1 aromatic heterocycles. The molecule has 0 atom stereocenters. The molecule has 1 aromatic carbocycles. The molecule has 1 saturated heterocycles. The Hall–Kier alpha value is -2.27. The standard InChI is InChI=1S/C16H16ClN3O2/c17-12-3-1-4-13(11-12)19-7-9-20(10-8-19)15-6-2-5-14(18-15)16(21)22/h1-6,11H,7-10H2,(H,21,22). The fourth-order valence-corrected chi connectivity index (χ4v) is 2.77. The fourth-order valence-electron chi connectivity index (χ4n) is 2.59. The molecule has 1 N–H and O–H groups in total. The van der Waals surface area contributed by atoms with Crippen LogP contribution in [0, 0.1) is 0 Å². The van der Waals surface area contributed by atoms with Gasteiger partial charge in [0.1, 0.15) is 5.82 Å². The topological polar surface area (TPSA) is 56.7 Å². The summed E-state index contributed by atoms with van der Waals surface area (Å²) in [7, 11) is 0. The largest absolute Gasteiger partial charge is 0.477 e. The maximum absolute atomic E-state index is 11.0. The minimum Gasteiger partial charge on any atom is -0.477 e. The van der Waals surface area contributed by atoms with Gasteiger partial charge in [-0.15, -0.1) is 0 Å². The van der Waals surface area contributed by atoms with Gasteiger partial charge in [0.2, 0.25) is 0 Å². The maximum atomic E-state index is 11.0. The van der Waals surface area contributed by atoms with Gasteiger partial charge >= 0.3 is 5.97 Å². The molecule has 6 heteroatoms. The lowest BCUT2D eigenvalue weighted by Crippen LogP contribution is -2.46. The number of halogens is 1. The van der Waals surface area contributed by atoms with Crippen LogP contribution >= 0.6 is 11.6 Å². The summed E-state index contributed by atoms with van der Waals surface area (Å²) in [6, 6.07) is 12.9. The van der Waals surface area contributed by atoms with Gasteiger partial charge in [-0.3, -0.25) is 0 Å². The van der Waals surface area contributed by atoms with Crippen molar-refractivity contribution in [2.75, 3.05) is 36.0 Å². The van der Waals surface area contributed by atoms with E-state index < -0.39 is 5.97 Å². The third kappa shape index (κ3) is 3.14. The van der Waals surface area contributed by atoms with Gasteiger partial charge in [-0.1, -0.05) is 23.7 Å². The summed E-state index contributed by atoms with van der Waals surface area (Å²) in [6.07, 6.45) is 0. The average Bonchev–Trinajstić information content (AvgIpc) is 2.55. The fraction of sp³-hybridized carbons (Fsp3) is 0.250. The highest BCUT2D eigenvalue weighted by atomic mass is 35.5. The van der Waals surface area contributed by atoms with E-state index in [0.29, 0.717) is 5.82 Å². The molecule has 114 valence electrons. The van der Waals surface area contributed by atoms with Gasteiger partial charge in [0, 0.05) is 36.9 Å². The number of carboxylic acids is 1. The second kappa shape index (κ2) is 6.23. The minimum atomic E-state index is -1.00. The smallest absolute Gasteiger partial charge is 0.354 e. The average molecular weight is 318 g/mol. The first-order chi connectivity index (χ1) is 10.6. The van der Waals surface area contributed by atoms with E-state index in [1.807, 2.05) is 30.3 Å². The van der Waals surface area contributed by atoms with Crippen LogP contribution in [0.4, 0.5) is 11.5 Å². The lowest BCUT2D eigenvalue weighted by atomic mass is 10.2. The number of anilines is 2. The summed E-state index contributed by atoms with van der Waals surface area (Å²) in [5.74, 6) is -0.287. The van der Waals surface area contributed by atoms with E-state index in [0.717, 1.165) is 36.9 Å². The Morgan fingerprint density at radius 2 is 1.73 bits per heavy atom. The molecular weight excluding hydrogens is 302 g/mol. The second-order valence-electron chi connectivity index (χ2n) is 5.14. The molecule has 0 amide bonds. The van der Waals surface area contributed by atoms with E-state index in [2.05, 4.69) is 14.8 Å². The number of benzene rings is 1. The molecule has 2 aromatic rings. The molecule has 0 radical (unpaired) electrons. The highest BCUT2D eigenvalue weighted by Gasteiger charge is 2.19. The number of hydrogen-bond acceptors (Lipinski definition) is 4. The Labute approximate surface area is 133 Å². The van der Waals surface area contributed by atoms with E-state index in [1.165, 1.54) is 6.07 Å². The van der Waals surface area contributed by atoms with Crippen molar-refractivity contribution in [1.82, 2.24) is 4.98 Å². The maximum Gasteiger partial charge on any atom is 0.354 e. The molecule has 1 aliphatic rings. The predicted octanol–water partition coefficient (Wildman–Crippen LogP) is 2.76. The molecule has 5 nitrogen and oxygen atoms in total. The van der Waals surface area contributed by atoms with Crippen molar-refractivity contribution in [3.05, 3.63) is 53.2 Å². The van der Waals surface area contributed by atoms with Crippen molar-refractivity contribution in [2.24, 2.45) is 0 Å². The van der Waals surface area contributed by atoms with Crippen LogP contribution in [0.25, 0.3) is 0 Å². The van der Waals surface area contributed by atoms with Crippen molar-refractivity contribution in [1.29, 1.82) is 0 Å². The summed E-state index contributed by atoms with van der Waals surface area (Å²) in [6.45, 7) is 3.28.